The molecule has 27 heavy (non-hydrogen) atoms. The van der Waals surface area contributed by atoms with Crippen molar-refractivity contribution in [1.82, 2.24) is 0 Å². The van der Waals surface area contributed by atoms with Crippen LogP contribution in [-0.2, 0) is 6.42 Å². The average Bonchev–Trinajstić information content (AvgIpc) is 2.69. The number of hydrogen-bond acceptors (Lipinski definition) is 2. The van der Waals surface area contributed by atoms with Crippen LogP contribution in [0.4, 0.5) is 5.69 Å². The Labute approximate surface area is 166 Å². The minimum Gasteiger partial charge on any atom is -0.457 e. The molecule has 0 aliphatic carbocycles. The van der Waals surface area contributed by atoms with Crippen LogP contribution >= 0.6 is 0 Å². The van der Waals surface area contributed by atoms with Crippen molar-refractivity contribution in [3.63, 3.8) is 0 Å². The Balaban J connectivity index is 1.52. The molecular formula is C25H37NO. The molecule has 0 aliphatic rings. The topological polar surface area (TPSA) is 35.2 Å². The molecule has 2 rings (SSSR count). The zero-order chi connectivity index (χ0) is 19.2. The monoisotopic (exact) mass is 367 g/mol. The molecule has 148 valence electrons. The summed E-state index contributed by atoms with van der Waals surface area (Å²) in [6, 6.07) is 16.0. The Kier molecular flexibility index (Phi) is 10.5. The second kappa shape index (κ2) is 13.2. The van der Waals surface area contributed by atoms with Crippen LogP contribution in [0.25, 0.3) is 0 Å². The summed E-state index contributed by atoms with van der Waals surface area (Å²) >= 11 is 0. The molecule has 0 aromatic heterocycles. The highest BCUT2D eigenvalue weighted by Gasteiger charge is 1.99. The van der Waals surface area contributed by atoms with E-state index in [0.29, 0.717) is 0 Å². The maximum atomic E-state index is 5.84. The number of nitrogens with two attached hydrogens (primary N) is 1. The van der Waals surface area contributed by atoms with Crippen LogP contribution in [0.1, 0.15) is 83.1 Å². The standard InChI is InChI=1S/C25H37NO/c1-2-3-4-5-6-7-8-9-10-11-12-13-22-14-18-24(19-15-22)27-25-20-16-23(26)17-21-25/h14-21H,2-13,26H2,1H3. The van der Waals surface area contributed by atoms with Crippen molar-refractivity contribution in [3.05, 3.63) is 54.1 Å². The van der Waals surface area contributed by atoms with Gasteiger partial charge in [-0.1, -0.05) is 83.3 Å². The third-order valence-electron chi connectivity index (χ3n) is 5.11. The molecule has 0 saturated heterocycles. The van der Waals surface area contributed by atoms with Gasteiger partial charge < -0.3 is 10.5 Å². The van der Waals surface area contributed by atoms with Crippen molar-refractivity contribution in [2.75, 3.05) is 5.73 Å². The number of benzene rings is 2. The number of nitrogen functional groups attached to an aromatic ring is 1. The summed E-state index contributed by atoms with van der Waals surface area (Å²) < 4.78 is 5.84. The molecular weight excluding hydrogens is 330 g/mol. The Morgan fingerprint density at radius 3 is 1.56 bits per heavy atom. The average molecular weight is 368 g/mol. The first kappa shape index (κ1) is 21.3. The highest BCUT2D eigenvalue weighted by molar-refractivity contribution is 5.43. The predicted octanol–water partition coefficient (Wildman–Crippen LogP) is 7.91. The van der Waals surface area contributed by atoms with E-state index < -0.39 is 0 Å². The van der Waals surface area contributed by atoms with Crippen LogP contribution in [0.2, 0.25) is 0 Å². The maximum absolute atomic E-state index is 5.84. The van der Waals surface area contributed by atoms with Crippen LogP contribution in [0.15, 0.2) is 48.5 Å². The highest BCUT2D eigenvalue weighted by Crippen LogP contribution is 2.23. The van der Waals surface area contributed by atoms with Crippen molar-refractivity contribution >= 4 is 5.69 Å². The molecule has 2 N–H and O–H groups in total. The number of anilines is 1. The molecule has 0 fully saturated rings. The molecule has 0 saturated carbocycles. The van der Waals surface area contributed by atoms with E-state index in [1.54, 1.807) is 0 Å². The smallest absolute Gasteiger partial charge is 0.127 e. The summed E-state index contributed by atoms with van der Waals surface area (Å²) in [7, 11) is 0. The number of rotatable bonds is 14. The second-order valence-corrected chi connectivity index (χ2v) is 7.60. The third-order valence-corrected chi connectivity index (χ3v) is 5.11. The van der Waals surface area contributed by atoms with Crippen molar-refractivity contribution < 1.29 is 4.74 Å². The normalized spacial score (nSPS) is 10.9. The van der Waals surface area contributed by atoms with Crippen molar-refractivity contribution in [3.8, 4) is 11.5 Å². The lowest BCUT2D eigenvalue weighted by Crippen LogP contribution is -1.89. The summed E-state index contributed by atoms with van der Waals surface area (Å²) in [5.74, 6) is 1.70. The molecule has 0 amide bonds. The molecule has 0 atom stereocenters. The van der Waals surface area contributed by atoms with Gasteiger partial charge in [0.1, 0.15) is 11.5 Å². The zero-order valence-electron chi connectivity index (χ0n) is 17.1. The summed E-state index contributed by atoms with van der Waals surface area (Å²) in [6.07, 6.45) is 16.5. The third kappa shape index (κ3) is 9.51. The summed E-state index contributed by atoms with van der Waals surface area (Å²) in [6.45, 7) is 2.28. The van der Waals surface area contributed by atoms with Gasteiger partial charge in [-0.3, -0.25) is 0 Å². The van der Waals surface area contributed by atoms with E-state index in [9.17, 15) is 0 Å². The molecule has 2 nitrogen and oxygen atoms in total. The maximum Gasteiger partial charge on any atom is 0.127 e. The second-order valence-electron chi connectivity index (χ2n) is 7.60. The minimum atomic E-state index is 0.754. The van der Waals surface area contributed by atoms with Gasteiger partial charge in [0.25, 0.3) is 0 Å². The Hall–Kier alpha value is -1.96. The molecule has 0 unspecified atom stereocenters. The van der Waals surface area contributed by atoms with Gasteiger partial charge in [-0.15, -0.1) is 0 Å². The molecule has 2 aromatic rings. The molecule has 0 heterocycles. The number of unbranched alkanes of at least 4 members (excludes halogenated alkanes) is 10. The van der Waals surface area contributed by atoms with E-state index in [-0.39, 0.29) is 0 Å². The largest absolute Gasteiger partial charge is 0.457 e. The Morgan fingerprint density at radius 2 is 1.04 bits per heavy atom. The number of aryl methyl sites for hydroxylation is 1. The zero-order valence-corrected chi connectivity index (χ0v) is 17.1. The van der Waals surface area contributed by atoms with Crippen molar-refractivity contribution in [1.29, 1.82) is 0 Å². The summed E-state index contributed by atoms with van der Waals surface area (Å²) in [4.78, 5) is 0. The van der Waals surface area contributed by atoms with Gasteiger partial charge in [-0.05, 0) is 54.8 Å². The first-order chi connectivity index (χ1) is 13.3. The predicted molar refractivity (Wildman–Crippen MR) is 118 cm³/mol. The fourth-order valence-electron chi connectivity index (χ4n) is 3.39. The van der Waals surface area contributed by atoms with Crippen LogP contribution in [0.5, 0.6) is 11.5 Å². The van der Waals surface area contributed by atoms with E-state index >= 15 is 0 Å². The van der Waals surface area contributed by atoms with Gasteiger partial charge in [0.15, 0.2) is 0 Å². The van der Waals surface area contributed by atoms with Crippen molar-refractivity contribution in [2.24, 2.45) is 0 Å². The van der Waals surface area contributed by atoms with Crippen LogP contribution in [-0.4, -0.2) is 0 Å². The lowest BCUT2D eigenvalue weighted by atomic mass is 10.0. The van der Waals surface area contributed by atoms with E-state index in [1.165, 1.54) is 82.6 Å². The molecule has 0 spiro atoms. The van der Waals surface area contributed by atoms with Gasteiger partial charge in [0.2, 0.25) is 0 Å². The van der Waals surface area contributed by atoms with Gasteiger partial charge in [-0.25, -0.2) is 0 Å². The van der Waals surface area contributed by atoms with E-state index in [2.05, 4.69) is 31.2 Å². The first-order valence-electron chi connectivity index (χ1n) is 10.9. The molecule has 0 bridgehead atoms. The lowest BCUT2D eigenvalue weighted by Gasteiger charge is -2.07. The first-order valence-corrected chi connectivity index (χ1v) is 10.9. The summed E-state index contributed by atoms with van der Waals surface area (Å²) in [5, 5.41) is 0. The van der Waals surface area contributed by atoms with E-state index in [1.807, 2.05) is 24.3 Å². The Morgan fingerprint density at radius 1 is 0.593 bits per heavy atom. The van der Waals surface area contributed by atoms with Crippen LogP contribution in [0, 0.1) is 0 Å². The quantitative estimate of drug-likeness (QED) is 0.272. The van der Waals surface area contributed by atoms with Crippen molar-refractivity contribution in [2.45, 2.75) is 84.0 Å². The molecule has 0 radical (unpaired) electrons. The molecule has 2 heteroatoms. The van der Waals surface area contributed by atoms with Gasteiger partial charge in [-0.2, -0.15) is 0 Å². The van der Waals surface area contributed by atoms with Crippen LogP contribution < -0.4 is 10.5 Å². The molecule has 0 aliphatic heterocycles. The summed E-state index contributed by atoms with van der Waals surface area (Å²) in [5.41, 5.74) is 7.85. The van der Waals surface area contributed by atoms with Crippen LogP contribution in [0.3, 0.4) is 0 Å². The SMILES string of the molecule is CCCCCCCCCCCCCc1ccc(Oc2ccc(N)cc2)cc1. The fraction of sp³-hybridized carbons (Fsp3) is 0.520. The number of ether oxygens (including phenoxy) is 1. The van der Waals surface area contributed by atoms with E-state index in [4.69, 9.17) is 10.5 Å². The van der Waals surface area contributed by atoms with Gasteiger partial charge in [0.05, 0.1) is 0 Å². The minimum absolute atomic E-state index is 0.754. The molecule has 2 aromatic carbocycles. The number of hydrogen-bond donors (Lipinski definition) is 1. The van der Waals surface area contributed by atoms with E-state index in [0.717, 1.165) is 17.2 Å². The lowest BCUT2D eigenvalue weighted by molar-refractivity contribution is 0.482. The fourth-order valence-corrected chi connectivity index (χ4v) is 3.39. The van der Waals surface area contributed by atoms with Gasteiger partial charge >= 0.3 is 0 Å². The Bertz CT molecular complexity index is 603. The highest BCUT2D eigenvalue weighted by atomic mass is 16.5. The van der Waals surface area contributed by atoms with Gasteiger partial charge in [0, 0.05) is 5.69 Å².